The molecule has 0 spiro atoms. The third-order valence-electron chi connectivity index (χ3n) is 5.60. The number of nitriles is 1. The van der Waals surface area contributed by atoms with Crippen LogP contribution in [0.1, 0.15) is 42.9 Å². The van der Waals surface area contributed by atoms with Gasteiger partial charge in [-0.1, -0.05) is 72.2 Å². The highest BCUT2D eigenvalue weighted by molar-refractivity contribution is 9.10. The summed E-state index contributed by atoms with van der Waals surface area (Å²) in [6.45, 7) is 5.41. The number of benzene rings is 3. The van der Waals surface area contributed by atoms with E-state index in [-0.39, 0.29) is 5.57 Å². The molecule has 3 aromatic rings. The topological polar surface area (TPSA) is 71.3 Å². The second-order valence-electron chi connectivity index (χ2n) is 8.10. The number of halogens is 1. The lowest BCUT2D eigenvalue weighted by atomic mass is 9.99. The Hall–Kier alpha value is -3.56. The predicted molar refractivity (Wildman–Crippen MR) is 142 cm³/mol. The lowest BCUT2D eigenvalue weighted by molar-refractivity contribution is -0.117. The van der Waals surface area contributed by atoms with Crippen molar-refractivity contribution in [2.24, 2.45) is 0 Å². The average Bonchev–Trinajstić information content (AvgIpc) is 2.89. The summed E-state index contributed by atoms with van der Waals surface area (Å²) in [5, 5.41) is 12.4. The van der Waals surface area contributed by atoms with Gasteiger partial charge in [-0.3, -0.25) is 4.79 Å². The van der Waals surface area contributed by atoms with Crippen molar-refractivity contribution in [1.82, 2.24) is 5.32 Å². The number of hydrogen-bond donors (Lipinski definition) is 1. The molecule has 0 bridgehead atoms. The van der Waals surface area contributed by atoms with Gasteiger partial charge in [0.15, 0.2) is 0 Å². The Morgan fingerprint density at radius 2 is 1.77 bits per heavy atom. The van der Waals surface area contributed by atoms with E-state index in [1.807, 2.05) is 60.7 Å². The molecule has 35 heavy (non-hydrogen) atoms. The van der Waals surface area contributed by atoms with Crippen molar-refractivity contribution >= 4 is 27.9 Å². The van der Waals surface area contributed by atoms with Crippen LogP contribution in [0.15, 0.2) is 82.8 Å². The van der Waals surface area contributed by atoms with Crippen LogP contribution in [0.2, 0.25) is 0 Å². The highest BCUT2D eigenvalue weighted by Crippen LogP contribution is 2.26. The standard InChI is InChI=1S/C29H29BrN2O3/c1-3-21(2)23-9-12-27(13-10-23)34-15-16-35-28-14-11-26(30)18-24(28)17-25(19-31)29(33)32-20-22-7-5-4-6-8-22/h4-14,17-18,21H,3,15-16,20H2,1-2H3,(H,32,33)/b25-17+/t21-/m0/s1. The van der Waals surface area contributed by atoms with E-state index >= 15 is 0 Å². The van der Waals surface area contributed by atoms with Gasteiger partial charge in [0, 0.05) is 16.6 Å². The Morgan fingerprint density at radius 1 is 1.06 bits per heavy atom. The first-order valence-electron chi connectivity index (χ1n) is 11.6. The molecule has 3 aromatic carbocycles. The largest absolute Gasteiger partial charge is 0.490 e. The molecule has 1 amide bonds. The SMILES string of the molecule is CC[C@H](C)c1ccc(OCCOc2ccc(Br)cc2/C=C(\C#N)C(=O)NCc2ccccc2)cc1. The van der Waals surface area contributed by atoms with Crippen molar-refractivity contribution in [3.8, 4) is 17.6 Å². The normalized spacial score (nSPS) is 11.9. The molecule has 3 rings (SSSR count). The van der Waals surface area contributed by atoms with Gasteiger partial charge in [0.2, 0.25) is 0 Å². The Balaban J connectivity index is 1.60. The number of nitrogens with zero attached hydrogens (tertiary/aromatic N) is 1. The first kappa shape index (κ1) is 26.1. The Kier molecular flexibility index (Phi) is 9.94. The summed E-state index contributed by atoms with van der Waals surface area (Å²) in [5.74, 6) is 1.44. The predicted octanol–water partition coefficient (Wildman–Crippen LogP) is 6.64. The molecule has 1 N–H and O–H groups in total. The van der Waals surface area contributed by atoms with Gasteiger partial charge < -0.3 is 14.8 Å². The molecule has 0 aliphatic rings. The number of nitrogens with one attached hydrogen (secondary N) is 1. The van der Waals surface area contributed by atoms with E-state index in [1.165, 1.54) is 11.6 Å². The third-order valence-corrected chi connectivity index (χ3v) is 6.10. The van der Waals surface area contributed by atoms with Gasteiger partial charge in [0.25, 0.3) is 5.91 Å². The summed E-state index contributed by atoms with van der Waals surface area (Å²) in [5.41, 5.74) is 2.88. The molecule has 0 aliphatic heterocycles. The minimum Gasteiger partial charge on any atom is -0.490 e. The van der Waals surface area contributed by atoms with Gasteiger partial charge in [0.1, 0.15) is 36.4 Å². The molecule has 180 valence electrons. The van der Waals surface area contributed by atoms with E-state index in [0.717, 1.165) is 22.2 Å². The molecule has 0 heterocycles. The second kappa shape index (κ2) is 13.4. The van der Waals surface area contributed by atoms with Crippen LogP contribution in [-0.4, -0.2) is 19.1 Å². The van der Waals surface area contributed by atoms with Crippen molar-refractivity contribution in [1.29, 1.82) is 5.26 Å². The molecule has 0 saturated carbocycles. The Labute approximate surface area is 215 Å². The first-order chi connectivity index (χ1) is 17.0. The number of amides is 1. The third kappa shape index (κ3) is 8.01. The van der Waals surface area contributed by atoms with Gasteiger partial charge in [-0.2, -0.15) is 5.26 Å². The Bertz CT molecular complexity index is 1180. The van der Waals surface area contributed by atoms with Crippen LogP contribution < -0.4 is 14.8 Å². The highest BCUT2D eigenvalue weighted by Gasteiger charge is 2.12. The van der Waals surface area contributed by atoms with Crippen LogP contribution in [0.25, 0.3) is 6.08 Å². The molecule has 0 unspecified atom stereocenters. The van der Waals surface area contributed by atoms with Crippen molar-refractivity contribution in [2.45, 2.75) is 32.7 Å². The number of rotatable bonds is 11. The number of carbonyl (C=O) groups is 1. The van der Waals surface area contributed by atoms with Gasteiger partial charge in [-0.05, 0) is 59.9 Å². The molecule has 0 aliphatic carbocycles. The van der Waals surface area contributed by atoms with Gasteiger partial charge in [0.05, 0.1) is 0 Å². The van der Waals surface area contributed by atoms with E-state index in [2.05, 4.69) is 47.2 Å². The summed E-state index contributed by atoms with van der Waals surface area (Å²) < 4.78 is 12.5. The van der Waals surface area contributed by atoms with E-state index in [1.54, 1.807) is 6.07 Å². The van der Waals surface area contributed by atoms with Crippen molar-refractivity contribution < 1.29 is 14.3 Å². The highest BCUT2D eigenvalue weighted by atomic mass is 79.9. The summed E-state index contributed by atoms with van der Waals surface area (Å²) in [7, 11) is 0. The van der Waals surface area contributed by atoms with Crippen LogP contribution in [0, 0.1) is 11.3 Å². The van der Waals surface area contributed by atoms with E-state index in [4.69, 9.17) is 9.47 Å². The second-order valence-corrected chi connectivity index (χ2v) is 9.01. The zero-order valence-electron chi connectivity index (χ0n) is 20.0. The number of hydrogen-bond acceptors (Lipinski definition) is 4. The van der Waals surface area contributed by atoms with Gasteiger partial charge in [-0.25, -0.2) is 0 Å². The number of ether oxygens (including phenoxy) is 2. The molecule has 1 atom stereocenters. The maximum absolute atomic E-state index is 12.6. The fourth-order valence-electron chi connectivity index (χ4n) is 3.38. The van der Waals surface area contributed by atoms with Crippen LogP contribution >= 0.6 is 15.9 Å². The van der Waals surface area contributed by atoms with Crippen molar-refractivity contribution in [2.75, 3.05) is 13.2 Å². The molecular formula is C29H29BrN2O3. The minimum absolute atomic E-state index is 0.00142. The van der Waals surface area contributed by atoms with Gasteiger partial charge >= 0.3 is 0 Å². The summed E-state index contributed by atoms with van der Waals surface area (Å²) in [4.78, 5) is 12.6. The number of carbonyl (C=O) groups excluding carboxylic acids is 1. The molecule has 0 radical (unpaired) electrons. The van der Waals surface area contributed by atoms with Crippen molar-refractivity contribution in [3.63, 3.8) is 0 Å². The van der Waals surface area contributed by atoms with Crippen LogP contribution in [0.3, 0.4) is 0 Å². The summed E-state index contributed by atoms with van der Waals surface area (Å²) in [6, 6.07) is 25.1. The Morgan fingerprint density at radius 3 is 2.46 bits per heavy atom. The molecule has 5 nitrogen and oxygen atoms in total. The molecule has 0 aromatic heterocycles. The van der Waals surface area contributed by atoms with E-state index in [9.17, 15) is 10.1 Å². The van der Waals surface area contributed by atoms with Crippen LogP contribution in [0.4, 0.5) is 0 Å². The molecular weight excluding hydrogens is 504 g/mol. The summed E-state index contributed by atoms with van der Waals surface area (Å²) in [6.07, 6.45) is 2.63. The van der Waals surface area contributed by atoms with Crippen molar-refractivity contribution in [3.05, 3.63) is 99.5 Å². The minimum atomic E-state index is -0.438. The van der Waals surface area contributed by atoms with E-state index in [0.29, 0.717) is 37.0 Å². The zero-order valence-corrected chi connectivity index (χ0v) is 21.5. The van der Waals surface area contributed by atoms with Crippen LogP contribution in [0.5, 0.6) is 11.5 Å². The first-order valence-corrected chi connectivity index (χ1v) is 12.4. The fourth-order valence-corrected chi connectivity index (χ4v) is 3.76. The smallest absolute Gasteiger partial charge is 0.262 e. The lowest BCUT2D eigenvalue weighted by Crippen LogP contribution is -2.23. The summed E-state index contributed by atoms with van der Waals surface area (Å²) >= 11 is 3.45. The monoisotopic (exact) mass is 532 g/mol. The maximum atomic E-state index is 12.6. The quantitative estimate of drug-likeness (QED) is 0.170. The van der Waals surface area contributed by atoms with E-state index < -0.39 is 5.91 Å². The van der Waals surface area contributed by atoms with Gasteiger partial charge in [-0.15, -0.1) is 0 Å². The zero-order chi connectivity index (χ0) is 25.0. The van der Waals surface area contributed by atoms with Crippen LogP contribution in [-0.2, 0) is 11.3 Å². The molecule has 0 fully saturated rings. The lowest BCUT2D eigenvalue weighted by Gasteiger charge is -2.13. The average molecular weight is 533 g/mol. The fraction of sp³-hybridized carbons (Fsp3) is 0.241. The molecule has 0 saturated heterocycles. The molecule has 6 heteroatoms. The maximum Gasteiger partial charge on any atom is 0.262 e.